The van der Waals surface area contributed by atoms with Crippen LogP contribution in [0.1, 0.15) is 5.56 Å². The summed E-state index contributed by atoms with van der Waals surface area (Å²) in [7, 11) is 0. The molecule has 0 spiro atoms. The lowest BCUT2D eigenvalue weighted by molar-refractivity contribution is 0.174. The average Bonchev–Trinajstić information content (AvgIpc) is 2.72. The molecule has 3 rings (SSSR count). The molecule has 0 saturated carbocycles. The van der Waals surface area contributed by atoms with Crippen LogP contribution < -0.4 is 20.7 Å². The Morgan fingerprint density at radius 1 is 1.25 bits per heavy atom. The normalized spacial score (nSPS) is 13.1. The Hall–Kier alpha value is -2.01. The van der Waals surface area contributed by atoms with Crippen LogP contribution >= 0.6 is 0 Å². The van der Waals surface area contributed by atoms with Crippen LogP contribution in [0.4, 0.5) is 5.82 Å². The molecule has 0 bridgehead atoms. The highest BCUT2D eigenvalue weighted by Crippen LogP contribution is 2.36. The van der Waals surface area contributed by atoms with Crippen LogP contribution in [-0.4, -0.2) is 11.8 Å². The van der Waals surface area contributed by atoms with Gasteiger partial charge in [0.15, 0.2) is 11.5 Å². The highest BCUT2D eigenvalue weighted by Gasteiger charge is 2.15. The lowest BCUT2D eigenvalue weighted by Crippen LogP contribution is -2.09. The predicted octanol–water partition coefficient (Wildman–Crippen LogP) is 1.56. The molecule has 0 amide bonds. The molecule has 0 saturated heterocycles. The number of nitrogen functional groups attached to an aromatic ring is 1. The van der Waals surface area contributed by atoms with Crippen molar-refractivity contribution < 1.29 is 9.47 Å². The van der Waals surface area contributed by atoms with Gasteiger partial charge in [-0.25, -0.2) is 10.8 Å². The van der Waals surface area contributed by atoms with E-state index in [9.17, 15) is 0 Å². The molecule has 0 aliphatic carbocycles. The Bertz CT molecular complexity index is 558. The Morgan fingerprint density at radius 3 is 2.75 bits per heavy atom. The minimum atomic E-state index is 0.270. The molecule has 16 heavy (non-hydrogen) atoms. The summed E-state index contributed by atoms with van der Waals surface area (Å²) in [6, 6.07) is 5.80. The predicted molar refractivity (Wildman–Crippen MR) is 60.4 cm³/mol. The molecule has 0 fully saturated rings. The first-order valence-electron chi connectivity index (χ1n) is 4.95. The van der Waals surface area contributed by atoms with Crippen LogP contribution in [0.2, 0.25) is 0 Å². The molecule has 0 unspecified atom stereocenters. The van der Waals surface area contributed by atoms with E-state index in [1.165, 1.54) is 0 Å². The van der Waals surface area contributed by atoms with Crippen LogP contribution in [0.3, 0.4) is 0 Å². The van der Waals surface area contributed by atoms with E-state index >= 15 is 0 Å². The molecule has 1 aromatic heterocycles. The maximum absolute atomic E-state index is 5.39. The van der Waals surface area contributed by atoms with Gasteiger partial charge in [-0.2, -0.15) is 0 Å². The molecule has 1 aromatic carbocycles. The summed E-state index contributed by atoms with van der Waals surface area (Å²) in [6.07, 6.45) is 0. The van der Waals surface area contributed by atoms with Crippen molar-refractivity contribution in [2.75, 3.05) is 12.2 Å². The van der Waals surface area contributed by atoms with E-state index in [1.54, 1.807) is 0 Å². The number of hydrazine groups is 1. The number of nitrogens with two attached hydrogens (primary N) is 1. The Labute approximate surface area is 92.1 Å². The van der Waals surface area contributed by atoms with E-state index < -0.39 is 0 Å². The number of nitrogens with one attached hydrogen (secondary N) is 1. The fourth-order valence-corrected chi connectivity index (χ4v) is 1.82. The van der Waals surface area contributed by atoms with E-state index in [2.05, 4.69) is 10.4 Å². The first-order chi connectivity index (χ1) is 7.78. The summed E-state index contributed by atoms with van der Waals surface area (Å²) in [5.74, 6) is 7.55. The monoisotopic (exact) mass is 217 g/mol. The van der Waals surface area contributed by atoms with Crippen LogP contribution in [0.25, 0.3) is 10.9 Å². The van der Waals surface area contributed by atoms with Crippen molar-refractivity contribution in [3.8, 4) is 11.5 Å². The van der Waals surface area contributed by atoms with Crippen molar-refractivity contribution >= 4 is 16.7 Å². The smallest absolute Gasteiger partial charge is 0.231 e. The van der Waals surface area contributed by atoms with Gasteiger partial charge in [0.1, 0.15) is 5.82 Å². The van der Waals surface area contributed by atoms with Gasteiger partial charge in [-0.05, 0) is 24.6 Å². The Balaban J connectivity index is 2.28. The van der Waals surface area contributed by atoms with Gasteiger partial charge in [0.05, 0.1) is 5.52 Å². The largest absolute Gasteiger partial charge is 0.454 e. The van der Waals surface area contributed by atoms with Crippen molar-refractivity contribution in [2.24, 2.45) is 5.84 Å². The molecule has 2 heterocycles. The first kappa shape index (κ1) is 9.23. The summed E-state index contributed by atoms with van der Waals surface area (Å²) >= 11 is 0. The number of pyridine rings is 1. The maximum atomic E-state index is 5.39. The first-order valence-corrected chi connectivity index (χ1v) is 4.95. The number of benzene rings is 1. The van der Waals surface area contributed by atoms with E-state index in [4.69, 9.17) is 15.3 Å². The molecule has 0 atom stereocenters. The SMILES string of the molecule is Cc1cc2cc3c(cc2nc1NN)OCO3. The van der Waals surface area contributed by atoms with Crippen molar-refractivity contribution in [2.45, 2.75) is 6.92 Å². The minimum Gasteiger partial charge on any atom is -0.454 e. The fourth-order valence-electron chi connectivity index (χ4n) is 1.82. The Kier molecular flexibility index (Phi) is 1.87. The summed E-state index contributed by atoms with van der Waals surface area (Å²) in [6.45, 7) is 2.22. The van der Waals surface area contributed by atoms with Gasteiger partial charge >= 0.3 is 0 Å². The molecule has 3 N–H and O–H groups in total. The molecule has 5 heteroatoms. The second-order valence-electron chi connectivity index (χ2n) is 3.70. The maximum Gasteiger partial charge on any atom is 0.231 e. The Morgan fingerprint density at radius 2 is 2.00 bits per heavy atom. The number of hydrogen-bond donors (Lipinski definition) is 2. The third kappa shape index (κ3) is 1.25. The number of nitrogens with zero attached hydrogens (tertiary/aromatic N) is 1. The summed E-state index contributed by atoms with van der Waals surface area (Å²) in [5.41, 5.74) is 4.40. The number of anilines is 1. The molecule has 1 aliphatic heterocycles. The average molecular weight is 217 g/mol. The molecule has 0 radical (unpaired) electrons. The second kappa shape index (κ2) is 3.24. The number of ether oxygens (including phenoxy) is 2. The van der Waals surface area contributed by atoms with E-state index in [1.807, 2.05) is 25.1 Å². The number of aryl methyl sites for hydroxylation is 1. The molecule has 2 aromatic rings. The van der Waals surface area contributed by atoms with Gasteiger partial charge in [0.25, 0.3) is 0 Å². The standard InChI is InChI=1S/C11H11N3O2/c1-6-2-7-3-9-10(16-5-15-9)4-8(7)13-11(6)14-12/h2-4H,5,12H2,1H3,(H,13,14). The molecular weight excluding hydrogens is 206 g/mol. The van der Waals surface area contributed by atoms with Gasteiger partial charge in [-0.15, -0.1) is 0 Å². The second-order valence-corrected chi connectivity index (χ2v) is 3.70. The van der Waals surface area contributed by atoms with E-state index in [0.717, 1.165) is 28.0 Å². The van der Waals surface area contributed by atoms with Crippen molar-refractivity contribution in [1.29, 1.82) is 0 Å². The quantitative estimate of drug-likeness (QED) is 0.560. The lowest BCUT2D eigenvalue weighted by atomic mass is 10.1. The highest BCUT2D eigenvalue weighted by molar-refractivity contribution is 5.85. The highest BCUT2D eigenvalue weighted by atomic mass is 16.7. The summed E-state index contributed by atoms with van der Waals surface area (Å²) < 4.78 is 10.6. The van der Waals surface area contributed by atoms with Gasteiger partial charge < -0.3 is 14.9 Å². The summed E-state index contributed by atoms with van der Waals surface area (Å²) in [5, 5.41) is 1.01. The van der Waals surface area contributed by atoms with Crippen molar-refractivity contribution in [3.05, 3.63) is 23.8 Å². The van der Waals surface area contributed by atoms with E-state index in [0.29, 0.717) is 5.82 Å². The van der Waals surface area contributed by atoms with Gasteiger partial charge in [-0.1, -0.05) is 0 Å². The summed E-state index contributed by atoms with van der Waals surface area (Å²) in [4.78, 5) is 4.40. The topological polar surface area (TPSA) is 69.4 Å². The van der Waals surface area contributed by atoms with Crippen LogP contribution in [0.5, 0.6) is 11.5 Å². The minimum absolute atomic E-state index is 0.270. The van der Waals surface area contributed by atoms with Gasteiger partial charge in [0.2, 0.25) is 6.79 Å². The van der Waals surface area contributed by atoms with Crippen molar-refractivity contribution in [3.63, 3.8) is 0 Å². The number of hydrogen-bond acceptors (Lipinski definition) is 5. The molecule has 1 aliphatic rings. The van der Waals surface area contributed by atoms with Crippen LogP contribution in [0.15, 0.2) is 18.2 Å². The van der Waals surface area contributed by atoms with Crippen LogP contribution in [0, 0.1) is 6.92 Å². The third-order valence-electron chi connectivity index (χ3n) is 2.64. The third-order valence-corrected chi connectivity index (χ3v) is 2.64. The lowest BCUT2D eigenvalue weighted by Gasteiger charge is -2.06. The number of aromatic nitrogens is 1. The van der Waals surface area contributed by atoms with Gasteiger partial charge in [-0.3, -0.25) is 0 Å². The molecule has 5 nitrogen and oxygen atoms in total. The van der Waals surface area contributed by atoms with Crippen molar-refractivity contribution in [1.82, 2.24) is 4.98 Å². The number of rotatable bonds is 1. The van der Waals surface area contributed by atoms with Gasteiger partial charge in [0, 0.05) is 11.5 Å². The zero-order chi connectivity index (χ0) is 11.1. The molecular formula is C11H11N3O2. The van der Waals surface area contributed by atoms with Crippen LogP contribution in [-0.2, 0) is 0 Å². The van der Waals surface area contributed by atoms with E-state index in [-0.39, 0.29) is 6.79 Å². The molecule has 82 valence electrons. The fraction of sp³-hybridized carbons (Fsp3) is 0.182. The zero-order valence-corrected chi connectivity index (χ0v) is 8.78. The zero-order valence-electron chi connectivity index (χ0n) is 8.78. The number of fused-ring (bicyclic) bond motifs is 2.